The van der Waals surface area contributed by atoms with E-state index in [1.54, 1.807) is 0 Å². The number of allylic oxidation sites excluding steroid dienone is 4. The van der Waals surface area contributed by atoms with Gasteiger partial charge in [-0.15, -0.1) is 6.42 Å². The molecule has 2 aliphatic carbocycles. The predicted octanol–water partition coefficient (Wildman–Crippen LogP) is 3.24. The van der Waals surface area contributed by atoms with Gasteiger partial charge in [-0.1, -0.05) is 105 Å². The summed E-state index contributed by atoms with van der Waals surface area (Å²) in [5.41, 5.74) is 11.9. The zero-order valence-corrected chi connectivity index (χ0v) is 24.6. The molecule has 0 amide bonds. The van der Waals surface area contributed by atoms with Crippen molar-refractivity contribution in [3.63, 3.8) is 0 Å². The van der Waals surface area contributed by atoms with Gasteiger partial charge in [0.2, 0.25) is 0 Å². The Labute approximate surface area is 247 Å². The molecule has 0 aliphatic heterocycles. The van der Waals surface area contributed by atoms with Crippen molar-refractivity contribution in [2.45, 2.75) is 32.6 Å². The van der Waals surface area contributed by atoms with Gasteiger partial charge < -0.3 is 24.8 Å². The summed E-state index contributed by atoms with van der Waals surface area (Å²) < 4.78 is 0. The van der Waals surface area contributed by atoms with Crippen LogP contribution >= 0.6 is 0 Å². The maximum Gasteiger partial charge on any atom is 3.00 e. The SMILES string of the molecule is CCC.[C-]1=C(C2c3cc(-c4ccccc4)ccc3-c3ccc(-c4ccccc4)cc32)C=CC1.[Cl-].[Cl-].[Zr+3]. The zero-order chi connectivity index (χ0) is 22.6. The first-order valence-corrected chi connectivity index (χ1v) is 12.0. The molecule has 0 saturated heterocycles. The Morgan fingerprint density at radius 1 is 0.639 bits per heavy atom. The van der Waals surface area contributed by atoms with Gasteiger partial charge in [0.1, 0.15) is 0 Å². The topological polar surface area (TPSA) is 0 Å². The van der Waals surface area contributed by atoms with Gasteiger partial charge in [0.05, 0.1) is 0 Å². The Morgan fingerprint density at radius 3 is 1.47 bits per heavy atom. The third kappa shape index (κ3) is 6.03. The molecule has 0 fully saturated rings. The average Bonchev–Trinajstić information content (AvgIpc) is 3.51. The minimum Gasteiger partial charge on any atom is -1.00 e. The first-order chi connectivity index (χ1) is 16.3. The third-order valence-electron chi connectivity index (χ3n) is 6.26. The van der Waals surface area contributed by atoms with Crippen LogP contribution in [0.5, 0.6) is 0 Å². The minimum atomic E-state index is 0. The van der Waals surface area contributed by atoms with E-state index in [4.69, 9.17) is 0 Å². The molecule has 0 saturated carbocycles. The second-order valence-electron chi connectivity index (χ2n) is 8.71. The summed E-state index contributed by atoms with van der Waals surface area (Å²) in [6, 6.07) is 35.2. The third-order valence-corrected chi connectivity index (χ3v) is 6.26. The quantitative estimate of drug-likeness (QED) is 0.323. The van der Waals surface area contributed by atoms with Gasteiger partial charge in [-0.3, -0.25) is 6.08 Å². The van der Waals surface area contributed by atoms with Gasteiger partial charge in [-0.2, -0.15) is 6.08 Å². The Morgan fingerprint density at radius 2 is 1.08 bits per heavy atom. The minimum absolute atomic E-state index is 0. The van der Waals surface area contributed by atoms with E-state index in [-0.39, 0.29) is 56.9 Å². The number of hydrogen-bond donors (Lipinski definition) is 0. The maximum atomic E-state index is 3.60. The number of fused-ring (bicyclic) bond motifs is 3. The van der Waals surface area contributed by atoms with Gasteiger partial charge in [-0.05, 0) is 56.6 Å². The van der Waals surface area contributed by atoms with Crippen molar-refractivity contribution in [2.24, 2.45) is 0 Å². The summed E-state index contributed by atoms with van der Waals surface area (Å²) in [6.07, 6.45) is 10.2. The Kier molecular flexibility index (Phi) is 11.6. The summed E-state index contributed by atoms with van der Waals surface area (Å²) in [5, 5.41) is 0. The largest absolute Gasteiger partial charge is 3.00 e. The second-order valence-corrected chi connectivity index (χ2v) is 8.71. The van der Waals surface area contributed by atoms with Crippen LogP contribution in [0, 0.1) is 6.08 Å². The first kappa shape index (κ1) is 30.0. The van der Waals surface area contributed by atoms with Crippen LogP contribution in [0.3, 0.4) is 0 Å². The molecule has 0 atom stereocenters. The molecule has 4 aromatic carbocycles. The molecule has 0 spiro atoms. The molecule has 4 aromatic rings. The van der Waals surface area contributed by atoms with Crippen LogP contribution in [-0.4, -0.2) is 0 Å². The van der Waals surface area contributed by atoms with Gasteiger partial charge in [0.25, 0.3) is 0 Å². The molecule has 2 aliphatic rings. The van der Waals surface area contributed by atoms with Crippen molar-refractivity contribution in [3.05, 3.63) is 132 Å². The maximum absolute atomic E-state index is 3.60. The Hall–Kier alpha value is -2.18. The van der Waals surface area contributed by atoms with Crippen molar-refractivity contribution in [1.29, 1.82) is 0 Å². The van der Waals surface area contributed by atoms with E-state index in [9.17, 15) is 0 Å². The number of hydrogen-bond acceptors (Lipinski definition) is 0. The molecule has 0 aromatic heterocycles. The molecule has 36 heavy (non-hydrogen) atoms. The fraction of sp³-hybridized carbons (Fsp3) is 0.152. The summed E-state index contributed by atoms with van der Waals surface area (Å²) >= 11 is 0. The van der Waals surface area contributed by atoms with Gasteiger partial charge in [0.15, 0.2) is 0 Å². The molecule has 6 rings (SSSR count). The smallest absolute Gasteiger partial charge is 1.00 e. The fourth-order valence-corrected chi connectivity index (χ4v) is 4.84. The number of halogens is 2. The molecule has 3 heteroatoms. The van der Waals surface area contributed by atoms with Crippen molar-refractivity contribution >= 4 is 0 Å². The summed E-state index contributed by atoms with van der Waals surface area (Å²) in [6.45, 7) is 4.25. The normalized spacial score (nSPS) is 12.6. The van der Waals surface area contributed by atoms with Crippen molar-refractivity contribution in [2.75, 3.05) is 0 Å². The molecule has 179 valence electrons. The van der Waals surface area contributed by atoms with E-state index in [0.29, 0.717) is 0 Å². The first-order valence-electron chi connectivity index (χ1n) is 12.0. The average molecular weight is 588 g/mol. The van der Waals surface area contributed by atoms with Crippen molar-refractivity contribution in [1.82, 2.24) is 0 Å². The molecule has 0 bridgehead atoms. The Bertz CT molecular complexity index is 1240. The van der Waals surface area contributed by atoms with Crippen LogP contribution in [0.2, 0.25) is 0 Å². The van der Waals surface area contributed by atoms with Crippen LogP contribution in [-0.2, 0) is 26.2 Å². The van der Waals surface area contributed by atoms with Gasteiger partial charge in [0, 0.05) is 5.92 Å². The van der Waals surface area contributed by atoms with Crippen LogP contribution in [0.1, 0.15) is 43.7 Å². The Balaban J connectivity index is 0.000000727. The standard InChI is InChI=1S/C30H21.C3H8.2ClH.Zr/c1-3-9-21(10-4-1)24-15-17-26-27-18-16-25(22-11-5-2-6-12-22)20-29(27)30(28(26)19-24)23-13-7-8-14-23;1-3-2;;;/h1-7,9-13,15-20,30H,8H2;3H2,1-2H3;2*1H;/q-1;;;;+3/p-2. The molecule has 0 unspecified atom stereocenters. The molecule has 1 radical (unpaired) electrons. The van der Waals surface area contributed by atoms with Crippen LogP contribution in [0.15, 0.2) is 115 Å². The summed E-state index contributed by atoms with van der Waals surface area (Å²) in [5.74, 6) is 0.251. The van der Waals surface area contributed by atoms with E-state index in [1.807, 2.05) is 0 Å². The monoisotopic (exact) mass is 585 g/mol. The van der Waals surface area contributed by atoms with Gasteiger partial charge >= 0.3 is 26.2 Å². The van der Waals surface area contributed by atoms with Crippen LogP contribution < -0.4 is 24.8 Å². The van der Waals surface area contributed by atoms with Crippen LogP contribution in [0.4, 0.5) is 0 Å². The van der Waals surface area contributed by atoms with Gasteiger partial charge in [-0.25, -0.2) is 11.6 Å². The van der Waals surface area contributed by atoms with Crippen LogP contribution in [0.25, 0.3) is 33.4 Å². The molecule has 0 nitrogen and oxygen atoms in total. The number of rotatable bonds is 3. The summed E-state index contributed by atoms with van der Waals surface area (Å²) in [4.78, 5) is 0. The van der Waals surface area contributed by atoms with E-state index in [1.165, 1.54) is 56.5 Å². The summed E-state index contributed by atoms with van der Waals surface area (Å²) in [7, 11) is 0. The zero-order valence-electron chi connectivity index (χ0n) is 20.6. The molecule has 0 heterocycles. The van der Waals surface area contributed by atoms with E-state index in [0.717, 1.165) is 6.42 Å². The molecular formula is C33H29Cl2Zr. The molecule has 0 N–H and O–H groups in total. The molecular weight excluding hydrogens is 558 g/mol. The van der Waals surface area contributed by atoms with E-state index in [2.05, 4.69) is 129 Å². The van der Waals surface area contributed by atoms with E-state index < -0.39 is 0 Å². The number of benzene rings is 4. The predicted molar refractivity (Wildman–Crippen MR) is 141 cm³/mol. The second kappa shape index (κ2) is 13.9. The van der Waals surface area contributed by atoms with Crippen molar-refractivity contribution in [3.8, 4) is 33.4 Å². The van der Waals surface area contributed by atoms with E-state index >= 15 is 0 Å². The van der Waals surface area contributed by atoms with Crippen molar-refractivity contribution < 1.29 is 51.0 Å². The fourth-order valence-electron chi connectivity index (χ4n) is 4.84.